The highest BCUT2D eigenvalue weighted by Crippen LogP contribution is 2.37. The second-order valence-corrected chi connectivity index (χ2v) is 8.13. The highest BCUT2D eigenvalue weighted by atomic mass is 32.2. The van der Waals surface area contributed by atoms with E-state index in [-0.39, 0.29) is 0 Å². The van der Waals surface area contributed by atoms with Crippen molar-refractivity contribution in [2.75, 3.05) is 0 Å². The molecule has 0 fully saturated rings. The molecule has 0 radical (unpaired) electrons. The fourth-order valence-corrected chi connectivity index (χ4v) is 4.96. The molecule has 0 amide bonds. The fraction of sp³-hybridized carbons (Fsp3) is 0.118. The lowest BCUT2D eigenvalue weighted by molar-refractivity contribution is 0.957. The van der Waals surface area contributed by atoms with E-state index in [0.29, 0.717) is 0 Å². The molecule has 0 aliphatic carbocycles. The number of aromatic nitrogens is 3. The van der Waals surface area contributed by atoms with Crippen LogP contribution in [0.2, 0.25) is 0 Å². The van der Waals surface area contributed by atoms with Crippen LogP contribution in [0.1, 0.15) is 10.6 Å². The molecule has 6 heteroatoms. The third kappa shape index (κ3) is 3.02. The maximum atomic E-state index is 4.70. The van der Waals surface area contributed by atoms with Crippen LogP contribution in [0.4, 0.5) is 0 Å². The monoisotopic (exact) mass is 355 g/mol. The van der Waals surface area contributed by atoms with Gasteiger partial charge in [-0.15, -0.1) is 32.9 Å². The van der Waals surface area contributed by atoms with E-state index in [0.717, 1.165) is 36.6 Å². The van der Waals surface area contributed by atoms with Gasteiger partial charge in [0, 0.05) is 5.75 Å². The number of thiazole rings is 1. The number of thiophene rings is 1. The Hall–Kier alpha value is -1.76. The van der Waals surface area contributed by atoms with Crippen LogP contribution in [0.5, 0.6) is 0 Å². The Morgan fingerprint density at radius 3 is 2.70 bits per heavy atom. The van der Waals surface area contributed by atoms with Crippen molar-refractivity contribution in [1.29, 1.82) is 0 Å². The van der Waals surface area contributed by atoms with Crippen molar-refractivity contribution >= 4 is 44.7 Å². The zero-order valence-electron chi connectivity index (χ0n) is 12.4. The van der Waals surface area contributed by atoms with Crippen molar-refractivity contribution in [3.8, 4) is 10.6 Å². The van der Waals surface area contributed by atoms with Crippen molar-refractivity contribution in [2.24, 2.45) is 0 Å². The smallest absolute Gasteiger partial charge is 0.146 e. The van der Waals surface area contributed by atoms with Gasteiger partial charge in [0.1, 0.15) is 16.2 Å². The van der Waals surface area contributed by atoms with Gasteiger partial charge >= 0.3 is 0 Å². The molecule has 0 saturated carbocycles. The SMILES string of the molecule is Cc1nc2c(SCc3ccccc3)nnc(-c3cccs3)c2s1. The Morgan fingerprint density at radius 2 is 1.91 bits per heavy atom. The van der Waals surface area contributed by atoms with E-state index in [9.17, 15) is 0 Å². The number of thioether (sulfide) groups is 1. The number of hydrogen-bond acceptors (Lipinski definition) is 6. The second kappa shape index (κ2) is 6.39. The minimum atomic E-state index is 0.875. The number of rotatable bonds is 4. The highest BCUT2D eigenvalue weighted by molar-refractivity contribution is 7.98. The van der Waals surface area contributed by atoms with E-state index in [1.807, 2.05) is 19.1 Å². The van der Waals surface area contributed by atoms with E-state index in [2.05, 4.69) is 45.9 Å². The van der Waals surface area contributed by atoms with Gasteiger partial charge in [0.2, 0.25) is 0 Å². The molecule has 1 aromatic carbocycles. The van der Waals surface area contributed by atoms with Crippen molar-refractivity contribution in [2.45, 2.75) is 17.7 Å². The standard InChI is InChI=1S/C17H13N3S3/c1-11-18-15-16(23-11)14(13-8-5-9-21-13)19-20-17(15)22-10-12-6-3-2-4-7-12/h2-9H,10H2,1H3. The van der Waals surface area contributed by atoms with Gasteiger partial charge in [0.05, 0.1) is 14.6 Å². The molecule has 4 rings (SSSR count). The molecule has 3 nitrogen and oxygen atoms in total. The number of nitrogens with zero attached hydrogens (tertiary/aromatic N) is 3. The van der Waals surface area contributed by atoms with Gasteiger partial charge in [-0.3, -0.25) is 0 Å². The van der Waals surface area contributed by atoms with Crippen molar-refractivity contribution in [3.63, 3.8) is 0 Å². The lowest BCUT2D eigenvalue weighted by Gasteiger charge is -2.04. The summed E-state index contributed by atoms with van der Waals surface area (Å²) in [5.74, 6) is 0.875. The van der Waals surface area contributed by atoms with Crippen molar-refractivity contribution in [1.82, 2.24) is 15.2 Å². The minimum absolute atomic E-state index is 0.875. The zero-order valence-corrected chi connectivity index (χ0v) is 14.8. The van der Waals surface area contributed by atoms with Gasteiger partial charge < -0.3 is 0 Å². The summed E-state index contributed by atoms with van der Waals surface area (Å²) in [6.07, 6.45) is 0. The van der Waals surface area contributed by atoms with Gasteiger partial charge in [-0.05, 0) is 23.9 Å². The van der Waals surface area contributed by atoms with Crippen molar-refractivity contribution in [3.05, 3.63) is 58.4 Å². The molecule has 3 aromatic heterocycles. The number of hydrogen-bond donors (Lipinski definition) is 0. The molecule has 0 atom stereocenters. The number of benzene rings is 1. The second-order valence-electron chi connectivity index (χ2n) is 5.02. The molecular formula is C17H13N3S3. The molecule has 0 N–H and O–H groups in total. The third-order valence-corrected chi connectivity index (χ3v) is 6.25. The summed E-state index contributed by atoms with van der Waals surface area (Å²) in [4.78, 5) is 5.84. The van der Waals surface area contributed by atoms with E-state index in [1.54, 1.807) is 34.4 Å². The summed E-state index contributed by atoms with van der Waals surface area (Å²) < 4.78 is 1.13. The first kappa shape index (κ1) is 14.8. The molecule has 23 heavy (non-hydrogen) atoms. The summed E-state index contributed by atoms with van der Waals surface area (Å²) in [7, 11) is 0. The van der Waals surface area contributed by atoms with Crippen LogP contribution < -0.4 is 0 Å². The predicted octanol–water partition coefficient (Wildman–Crippen LogP) is 5.42. The first-order valence-electron chi connectivity index (χ1n) is 7.15. The molecule has 0 bridgehead atoms. The van der Waals surface area contributed by atoms with Crippen LogP contribution in [-0.4, -0.2) is 15.2 Å². The van der Waals surface area contributed by atoms with Gasteiger partial charge in [-0.2, -0.15) is 0 Å². The Bertz CT molecular complexity index is 931. The van der Waals surface area contributed by atoms with E-state index >= 15 is 0 Å². The topological polar surface area (TPSA) is 38.7 Å². The molecule has 0 aliphatic rings. The first-order chi connectivity index (χ1) is 11.3. The average Bonchev–Trinajstić information content (AvgIpc) is 3.22. The van der Waals surface area contributed by atoms with Crippen LogP contribution in [0, 0.1) is 6.92 Å². The van der Waals surface area contributed by atoms with Crippen LogP contribution in [0.15, 0.2) is 52.9 Å². The molecule has 114 valence electrons. The number of aryl methyl sites for hydroxylation is 1. The third-order valence-electron chi connectivity index (χ3n) is 3.37. The zero-order chi connectivity index (χ0) is 15.6. The Kier molecular flexibility index (Phi) is 4.11. The summed E-state index contributed by atoms with van der Waals surface area (Å²) >= 11 is 5.07. The summed E-state index contributed by atoms with van der Waals surface area (Å²) in [5.41, 5.74) is 3.21. The Balaban J connectivity index is 1.72. The van der Waals surface area contributed by atoms with Gasteiger partial charge in [0.25, 0.3) is 0 Å². The Labute approximate surface area is 146 Å². The largest absolute Gasteiger partial charge is 0.238 e. The summed E-state index contributed by atoms with van der Waals surface area (Å²) in [6, 6.07) is 14.5. The van der Waals surface area contributed by atoms with Crippen molar-refractivity contribution < 1.29 is 0 Å². The van der Waals surface area contributed by atoms with Gasteiger partial charge in [-0.1, -0.05) is 48.2 Å². The summed E-state index contributed by atoms with van der Waals surface area (Å²) in [5, 5.41) is 13.0. The van der Waals surface area contributed by atoms with Crippen LogP contribution in [0.25, 0.3) is 20.8 Å². The van der Waals surface area contributed by atoms with Crippen LogP contribution >= 0.6 is 34.4 Å². The predicted molar refractivity (Wildman–Crippen MR) is 99.3 cm³/mol. The molecule has 3 heterocycles. The lowest BCUT2D eigenvalue weighted by atomic mass is 10.2. The maximum absolute atomic E-state index is 4.70. The average molecular weight is 356 g/mol. The van der Waals surface area contributed by atoms with E-state index in [4.69, 9.17) is 4.98 Å². The minimum Gasteiger partial charge on any atom is -0.238 e. The van der Waals surface area contributed by atoms with Crippen LogP contribution in [0.3, 0.4) is 0 Å². The molecule has 0 saturated heterocycles. The fourth-order valence-electron chi connectivity index (χ4n) is 2.32. The highest BCUT2D eigenvalue weighted by Gasteiger charge is 2.16. The Morgan fingerprint density at radius 1 is 1.04 bits per heavy atom. The number of fused-ring (bicyclic) bond motifs is 1. The normalized spacial score (nSPS) is 11.2. The molecule has 4 aromatic rings. The molecular weight excluding hydrogens is 342 g/mol. The molecule has 0 spiro atoms. The lowest BCUT2D eigenvalue weighted by Crippen LogP contribution is -1.91. The summed E-state index contributed by atoms with van der Waals surface area (Å²) in [6.45, 7) is 2.04. The van der Waals surface area contributed by atoms with E-state index in [1.165, 1.54) is 5.56 Å². The van der Waals surface area contributed by atoms with Crippen LogP contribution in [-0.2, 0) is 5.75 Å². The quantitative estimate of drug-likeness (QED) is 0.458. The first-order valence-corrected chi connectivity index (χ1v) is 9.84. The van der Waals surface area contributed by atoms with Gasteiger partial charge in [0.15, 0.2) is 0 Å². The van der Waals surface area contributed by atoms with E-state index < -0.39 is 0 Å². The molecule has 0 unspecified atom stereocenters. The molecule has 0 aliphatic heterocycles. The van der Waals surface area contributed by atoms with Gasteiger partial charge in [-0.25, -0.2) is 4.98 Å². The maximum Gasteiger partial charge on any atom is 0.146 e.